The largest absolute Gasteiger partial charge is 0.573 e. The monoisotopic (exact) mass is 404 g/mol. The van der Waals surface area contributed by atoms with Crippen molar-refractivity contribution in [1.82, 2.24) is 10.1 Å². The number of nitrogens with zero attached hydrogens (tertiary/aromatic N) is 1. The number of halogens is 4. The molecular formula is C17H16F4N2O5. The van der Waals surface area contributed by atoms with Gasteiger partial charge in [0.15, 0.2) is 0 Å². The van der Waals surface area contributed by atoms with Gasteiger partial charge in [-0.25, -0.2) is 9.18 Å². The molecule has 28 heavy (non-hydrogen) atoms. The van der Waals surface area contributed by atoms with E-state index in [1.807, 2.05) is 0 Å². The van der Waals surface area contributed by atoms with E-state index in [9.17, 15) is 27.2 Å². The van der Waals surface area contributed by atoms with E-state index in [2.05, 4.69) is 9.89 Å². The van der Waals surface area contributed by atoms with Gasteiger partial charge in [-0.1, -0.05) is 6.07 Å². The lowest BCUT2D eigenvalue weighted by atomic mass is 9.85. The number of hydrogen-bond donors (Lipinski definition) is 1. The molecule has 0 spiro atoms. The van der Waals surface area contributed by atoms with Crippen LogP contribution in [0.2, 0.25) is 0 Å². The van der Waals surface area contributed by atoms with Gasteiger partial charge in [0.05, 0.1) is 13.2 Å². The number of nitrogens with one attached hydrogen (secondary N) is 1. The van der Waals surface area contributed by atoms with Crippen molar-refractivity contribution < 1.29 is 36.4 Å². The van der Waals surface area contributed by atoms with Gasteiger partial charge in [0, 0.05) is 30.2 Å². The fourth-order valence-corrected chi connectivity index (χ4v) is 3.33. The molecule has 1 aliphatic rings. The first-order valence-electron chi connectivity index (χ1n) is 8.26. The molecule has 1 fully saturated rings. The Labute approximate surface area is 155 Å². The van der Waals surface area contributed by atoms with Gasteiger partial charge < -0.3 is 18.9 Å². The number of aromatic nitrogens is 1. The summed E-state index contributed by atoms with van der Waals surface area (Å²) in [6.45, 7) is 0.178. The first kappa shape index (κ1) is 19.8. The van der Waals surface area contributed by atoms with Gasteiger partial charge in [0.2, 0.25) is 0 Å². The van der Waals surface area contributed by atoms with Crippen LogP contribution in [0.4, 0.5) is 22.4 Å². The maximum atomic E-state index is 14.6. The first-order chi connectivity index (χ1) is 13.2. The molecule has 3 rings (SSSR count). The second-order valence-corrected chi connectivity index (χ2v) is 6.25. The highest BCUT2D eigenvalue weighted by molar-refractivity contribution is 5.68. The van der Waals surface area contributed by atoms with Gasteiger partial charge >= 0.3 is 12.5 Å². The molecule has 1 aliphatic heterocycles. The number of ether oxygens (including phenoxy) is 2. The molecule has 0 unspecified atom stereocenters. The summed E-state index contributed by atoms with van der Waals surface area (Å²) in [5.74, 6) is -1.61. The molecule has 0 saturated carbocycles. The highest BCUT2D eigenvalue weighted by atomic mass is 19.4. The summed E-state index contributed by atoms with van der Waals surface area (Å²) in [6.07, 6.45) is -5.03. The molecule has 2 aromatic rings. The van der Waals surface area contributed by atoms with Crippen LogP contribution >= 0.6 is 0 Å². The average molecular weight is 404 g/mol. The second-order valence-electron chi connectivity index (χ2n) is 6.25. The Balaban J connectivity index is 1.91. The van der Waals surface area contributed by atoms with E-state index in [0.29, 0.717) is 18.2 Å². The Morgan fingerprint density at radius 2 is 2.07 bits per heavy atom. The molecule has 7 nitrogen and oxygen atoms in total. The molecule has 2 atom stereocenters. The lowest BCUT2D eigenvalue weighted by Crippen LogP contribution is -2.40. The van der Waals surface area contributed by atoms with E-state index < -0.39 is 35.6 Å². The van der Waals surface area contributed by atoms with Crippen LogP contribution in [0, 0.1) is 5.82 Å². The van der Waals surface area contributed by atoms with Crippen molar-refractivity contribution in [2.24, 2.45) is 0 Å². The molecule has 0 bridgehead atoms. The van der Waals surface area contributed by atoms with Crippen LogP contribution in [0.3, 0.4) is 0 Å². The number of methoxy groups -OCH3 is 1. The number of rotatable bonds is 3. The van der Waals surface area contributed by atoms with Crippen molar-refractivity contribution in [3.63, 3.8) is 0 Å². The molecule has 1 aromatic heterocycles. The third-order valence-electron chi connectivity index (χ3n) is 4.52. The minimum Gasteiger partial charge on any atom is -0.453 e. The average Bonchev–Trinajstić information content (AvgIpc) is 3.06. The van der Waals surface area contributed by atoms with Crippen molar-refractivity contribution in [2.45, 2.75) is 31.2 Å². The Kier molecular flexibility index (Phi) is 5.34. The number of benzene rings is 1. The van der Waals surface area contributed by atoms with Crippen molar-refractivity contribution in [3.05, 3.63) is 51.8 Å². The maximum absolute atomic E-state index is 14.6. The fraction of sp³-hybridized carbons (Fsp3) is 0.412. The number of carbonyl (C=O) groups is 1. The molecular weight excluding hydrogens is 388 g/mol. The SMILES string of the molecule is COC(=O)N1CC[C@H](c2cc(=O)[nH]o2)C[C@@H]1c1ccc(OC(F)(F)F)cc1F. The highest BCUT2D eigenvalue weighted by Crippen LogP contribution is 2.41. The summed E-state index contributed by atoms with van der Waals surface area (Å²) in [5, 5.41) is 2.17. The number of amides is 1. The molecule has 0 radical (unpaired) electrons. The lowest BCUT2D eigenvalue weighted by molar-refractivity contribution is -0.274. The zero-order valence-corrected chi connectivity index (χ0v) is 14.6. The third kappa shape index (κ3) is 4.29. The predicted molar refractivity (Wildman–Crippen MR) is 86.2 cm³/mol. The predicted octanol–water partition coefficient (Wildman–Crippen LogP) is 3.69. The van der Waals surface area contributed by atoms with Gasteiger partial charge in [-0.2, -0.15) is 5.16 Å². The smallest absolute Gasteiger partial charge is 0.453 e. The van der Waals surface area contributed by atoms with E-state index in [4.69, 9.17) is 9.26 Å². The van der Waals surface area contributed by atoms with Gasteiger partial charge in [-0.3, -0.25) is 4.79 Å². The highest BCUT2D eigenvalue weighted by Gasteiger charge is 2.37. The zero-order valence-electron chi connectivity index (χ0n) is 14.6. The molecule has 1 amide bonds. The Morgan fingerprint density at radius 3 is 2.64 bits per heavy atom. The Morgan fingerprint density at radius 1 is 1.32 bits per heavy atom. The van der Waals surface area contributed by atoms with E-state index in [1.54, 1.807) is 0 Å². The molecule has 2 heterocycles. The molecule has 11 heteroatoms. The number of likely N-dealkylation sites (tertiary alicyclic amines) is 1. The fourth-order valence-electron chi connectivity index (χ4n) is 3.33. The third-order valence-corrected chi connectivity index (χ3v) is 4.52. The summed E-state index contributed by atoms with van der Waals surface area (Å²) in [7, 11) is 1.17. The number of alkyl halides is 3. The molecule has 0 aliphatic carbocycles. The standard InChI is InChI=1S/C17H16F4N2O5/c1-26-16(25)23-5-4-9(14-8-15(24)22-28-14)6-13(23)11-3-2-10(7-12(11)18)27-17(19,20)21/h2-3,7-9,13H,4-6H2,1H3,(H,22,24)/t9-,13+/m0/s1. The van der Waals surface area contributed by atoms with Crippen molar-refractivity contribution >= 4 is 6.09 Å². The molecule has 1 saturated heterocycles. The first-order valence-corrected chi connectivity index (χ1v) is 8.26. The number of hydrogen-bond acceptors (Lipinski definition) is 5. The normalized spacial score (nSPS) is 20.1. The molecule has 152 valence electrons. The summed E-state index contributed by atoms with van der Waals surface area (Å²) in [4.78, 5) is 24.7. The van der Waals surface area contributed by atoms with Crippen molar-refractivity contribution in [1.29, 1.82) is 0 Å². The van der Waals surface area contributed by atoms with E-state index >= 15 is 0 Å². The number of carbonyl (C=O) groups excluding carboxylic acids is 1. The lowest BCUT2D eigenvalue weighted by Gasteiger charge is -2.38. The van der Waals surface area contributed by atoms with Gasteiger partial charge in [0.1, 0.15) is 17.3 Å². The van der Waals surface area contributed by atoms with Crippen molar-refractivity contribution in [2.75, 3.05) is 13.7 Å². The van der Waals surface area contributed by atoms with Gasteiger partial charge in [0.25, 0.3) is 5.56 Å². The van der Waals surface area contributed by atoms with Crippen LogP contribution in [-0.2, 0) is 4.74 Å². The van der Waals surface area contributed by atoms with Crippen LogP contribution in [-0.4, -0.2) is 36.2 Å². The number of piperidine rings is 1. The van der Waals surface area contributed by atoms with Crippen molar-refractivity contribution in [3.8, 4) is 5.75 Å². The summed E-state index contributed by atoms with van der Waals surface area (Å²) >= 11 is 0. The summed E-state index contributed by atoms with van der Waals surface area (Å²) < 4.78 is 65.1. The second kappa shape index (κ2) is 7.56. The molecule has 1 aromatic carbocycles. The topological polar surface area (TPSA) is 84.8 Å². The van der Waals surface area contributed by atoms with Crippen LogP contribution < -0.4 is 10.3 Å². The quantitative estimate of drug-likeness (QED) is 0.789. The summed E-state index contributed by atoms with van der Waals surface area (Å²) in [5.41, 5.74) is -0.427. The number of H-pyrrole nitrogens is 1. The zero-order chi connectivity index (χ0) is 20.5. The van der Waals surface area contributed by atoms with Crippen LogP contribution in [0.15, 0.2) is 33.6 Å². The van der Waals surface area contributed by atoms with Crippen LogP contribution in [0.1, 0.15) is 36.1 Å². The summed E-state index contributed by atoms with van der Waals surface area (Å²) in [6, 6.07) is 3.16. The molecule has 1 N–H and O–H groups in total. The number of aromatic amines is 1. The van der Waals surface area contributed by atoms with Gasteiger partial charge in [-0.15, -0.1) is 13.2 Å². The van der Waals surface area contributed by atoms with Gasteiger partial charge in [-0.05, 0) is 18.9 Å². The minimum atomic E-state index is -4.95. The van der Waals surface area contributed by atoms with E-state index in [1.165, 1.54) is 18.1 Å². The van der Waals surface area contributed by atoms with E-state index in [-0.39, 0.29) is 24.4 Å². The van der Waals surface area contributed by atoms with E-state index in [0.717, 1.165) is 12.1 Å². The van der Waals surface area contributed by atoms with Crippen LogP contribution in [0.25, 0.3) is 0 Å². The minimum absolute atomic E-state index is 0.00232. The maximum Gasteiger partial charge on any atom is 0.573 e. The Hall–Kier alpha value is -2.98. The van der Waals surface area contributed by atoms with Crippen LogP contribution in [0.5, 0.6) is 5.75 Å². The Bertz CT molecular complexity index is 907.